The molecule has 13 aromatic carbocycles. The van der Waals surface area contributed by atoms with E-state index >= 15 is 0 Å². The first-order valence-electron chi connectivity index (χ1n) is 38.4. The molecule has 6 aromatic heterocycles. The molecule has 111 heavy (non-hydrogen) atoms. The lowest BCUT2D eigenvalue weighted by molar-refractivity contribution is 0.589. The van der Waals surface area contributed by atoms with Gasteiger partial charge >= 0.3 is 0 Å². The van der Waals surface area contributed by atoms with Crippen molar-refractivity contribution in [2.75, 3.05) is 0 Å². The van der Waals surface area contributed by atoms with Gasteiger partial charge < -0.3 is 13.3 Å². The minimum atomic E-state index is -0.0862. The largest absolute Gasteiger partial charge is 0.456 e. The first-order valence-corrected chi connectivity index (χ1v) is 38.4. The third kappa shape index (κ3) is 12.3. The van der Waals surface area contributed by atoms with Crippen molar-refractivity contribution in [1.29, 1.82) is 0 Å². The van der Waals surface area contributed by atoms with Crippen LogP contribution in [0.15, 0.2) is 341 Å². The first kappa shape index (κ1) is 68.3. The van der Waals surface area contributed by atoms with Crippen molar-refractivity contribution >= 4 is 65.8 Å². The summed E-state index contributed by atoms with van der Waals surface area (Å²) >= 11 is 0. The Balaban J connectivity index is 0.872. The lowest BCUT2D eigenvalue weighted by Crippen LogP contribution is -2.11. The van der Waals surface area contributed by atoms with Gasteiger partial charge in [0.25, 0.3) is 0 Å². The molecule has 0 spiro atoms. The van der Waals surface area contributed by atoms with Gasteiger partial charge in [-0.25, -0.2) is 0 Å². The Morgan fingerprint density at radius 2 is 0.432 bits per heavy atom. The molecule has 6 heteroatoms. The van der Waals surface area contributed by atoms with Gasteiger partial charge in [0.2, 0.25) is 0 Å². The summed E-state index contributed by atoms with van der Waals surface area (Å²) < 4.78 is 20.1. The molecule has 0 amide bonds. The summed E-state index contributed by atoms with van der Waals surface area (Å²) in [6.07, 6.45) is 5.86. The number of pyridine rings is 3. The van der Waals surface area contributed by atoms with Crippen LogP contribution in [0.1, 0.15) is 79.0 Å². The van der Waals surface area contributed by atoms with Gasteiger partial charge in [-0.2, -0.15) is 0 Å². The Hall–Kier alpha value is -13.3. The normalized spacial score (nSPS) is 12.2. The van der Waals surface area contributed by atoms with E-state index in [9.17, 15) is 0 Å². The van der Waals surface area contributed by atoms with Crippen LogP contribution in [0.2, 0.25) is 0 Å². The van der Waals surface area contributed by atoms with Crippen molar-refractivity contribution in [3.05, 3.63) is 345 Å². The van der Waals surface area contributed by atoms with Gasteiger partial charge in [-0.05, 0) is 242 Å². The van der Waals surface area contributed by atoms with Gasteiger partial charge in [0.15, 0.2) is 0 Å². The minimum absolute atomic E-state index is 0.0862. The third-order valence-electron chi connectivity index (χ3n) is 22.4. The molecule has 0 N–H and O–H groups in total. The summed E-state index contributed by atoms with van der Waals surface area (Å²) in [5.74, 6) is 0. The van der Waals surface area contributed by atoms with Crippen molar-refractivity contribution in [1.82, 2.24) is 15.0 Å². The van der Waals surface area contributed by atoms with E-state index < -0.39 is 0 Å². The number of benzene rings is 13. The number of furan rings is 3. The fourth-order valence-corrected chi connectivity index (χ4v) is 16.6. The maximum absolute atomic E-state index is 6.70. The quantitative estimate of drug-likeness (QED) is 0.121. The van der Waals surface area contributed by atoms with Crippen LogP contribution < -0.4 is 0 Å². The molecule has 0 radical (unpaired) electrons. The van der Waals surface area contributed by atoms with Crippen LogP contribution in [-0.2, 0) is 16.2 Å². The molecular formula is C105H81N3O3. The Kier molecular flexibility index (Phi) is 16.5. The summed E-state index contributed by atoms with van der Waals surface area (Å²) in [5.41, 5.74) is 33.5. The van der Waals surface area contributed by atoms with E-state index in [0.717, 1.165) is 200 Å². The van der Waals surface area contributed by atoms with Gasteiger partial charge in [0.1, 0.15) is 33.5 Å². The lowest BCUT2D eigenvalue weighted by atomic mass is 9.82. The van der Waals surface area contributed by atoms with Crippen LogP contribution in [0.25, 0.3) is 200 Å². The van der Waals surface area contributed by atoms with E-state index in [2.05, 4.69) is 353 Å². The van der Waals surface area contributed by atoms with Crippen LogP contribution in [0.4, 0.5) is 0 Å². The monoisotopic (exact) mass is 1430 g/mol. The average Bonchev–Trinajstić information content (AvgIpc) is 1.71. The fourth-order valence-electron chi connectivity index (χ4n) is 16.6. The molecule has 0 fully saturated rings. The number of fused-ring (bicyclic) bond motifs is 9. The predicted octanol–water partition coefficient (Wildman–Crippen LogP) is 29.5. The summed E-state index contributed by atoms with van der Waals surface area (Å²) in [7, 11) is 0. The fraction of sp³-hybridized carbons (Fsp3) is 0.114. The van der Waals surface area contributed by atoms with Crippen molar-refractivity contribution in [2.24, 2.45) is 0 Å². The highest BCUT2D eigenvalue weighted by molar-refractivity contribution is 6.17. The molecule has 19 rings (SSSR count). The van der Waals surface area contributed by atoms with Crippen molar-refractivity contribution in [3.63, 3.8) is 0 Å². The molecule has 0 aliphatic heterocycles. The minimum Gasteiger partial charge on any atom is -0.456 e. The predicted molar refractivity (Wildman–Crippen MR) is 463 cm³/mol. The Labute approximate surface area is 647 Å². The molecule has 0 unspecified atom stereocenters. The molecular weight excluding hydrogens is 1350 g/mol. The van der Waals surface area contributed by atoms with Crippen molar-refractivity contribution in [2.45, 2.75) is 78.6 Å². The number of hydrogen-bond acceptors (Lipinski definition) is 6. The van der Waals surface area contributed by atoms with E-state index in [1.165, 1.54) is 16.7 Å². The molecule has 0 bridgehead atoms. The van der Waals surface area contributed by atoms with E-state index in [0.29, 0.717) is 0 Å². The van der Waals surface area contributed by atoms with E-state index in [-0.39, 0.29) is 16.2 Å². The highest BCUT2D eigenvalue weighted by Gasteiger charge is 2.27. The third-order valence-corrected chi connectivity index (χ3v) is 22.4. The molecule has 534 valence electrons. The zero-order valence-electron chi connectivity index (χ0n) is 63.7. The van der Waals surface area contributed by atoms with Crippen molar-refractivity contribution < 1.29 is 13.3 Å². The van der Waals surface area contributed by atoms with Gasteiger partial charge in [-0.3, -0.25) is 15.0 Å². The van der Waals surface area contributed by atoms with Crippen LogP contribution in [0.5, 0.6) is 0 Å². The molecule has 6 nitrogen and oxygen atoms in total. The second-order valence-corrected chi connectivity index (χ2v) is 32.6. The maximum atomic E-state index is 6.70. The van der Waals surface area contributed by atoms with Crippen molar-refractivity contribution in [3.8, 4) is 134 Å². The zero-order chi connectivity index (χ0) is 75.4. The molecule has 0 saturated carbocycles. The molecule has 19 aromatic rings. The van der Waals surface area contributed by atoms with E-state index in [1.807, 2.05) is 36.8 Å². The van der Waals surface area contributed by atoms with Gasteiger partial charge in [-0.1, -0.05) is 263 Å². The number of rotatable bonds is 12. The second-order valence-electron chi connectivity index (χ2n) is 32.6. The smallest absolute Gasteiger partial charge is 0.136 e. The van der Waals surface area contributed by atoms with Gasteiger partial charge in [0, 0.05) is 67.6 Å². The highest BCUT2D eigenvalue weighted by atomic mass is 16.3. The Morgan fingerprint density at radius 1 is 0.189 bits per heavy atom. The van der Waals surface area contributed by atoms with Gasteiger partial charge in [0.05, 0.1) is 17.1 Å². The SMILES string of the molecule is CC(C)(C)c1ccnc(-c2ccc(-c3ccccc3-c3cc(-c4ccccc4-c4ccc(-c5cc(C(C)(C)C)ccn5)cc4-c4cccc5oc6ccccc6c45)cc(-c4ccccc4-c4ccc(-c5cc(C(C)(C)C)ccn5)cc4-c4cccc5oc6ccccc6c45)c3)c(-c3cccc4oc5ccccc5c34)c2)c1. The summed E-state index contributed by atoms with van der Waals surface area (Å²) in [6, 6.07) is 113. The van der Waals surface area contributed by atoms with Crippen LogP contribution in [-0.4, -0.2) is 15.0 Å². The molecule has 0 aliphatic carbocycles. The number of hydrogen-bond donors (Lipinski definition) is 0. The molecule has 0 atom stereocenters. The maximum Gasteiger partial charge on any atom is 0.136 e. The molecule has 0 aliphatic rings. The topological polar surface area (TPSA) is 78.1 Å². The number of para-hydroxylation sites is 3. The average molecular weight is 1430 g/mol. The first-order chi connectivity index (χ1) is 53.9. The van der Waals surface area contributed by atoms with Crippen LogP contribution in [0, 0.1) is 0 Å². The van der Waals surface area contributed by atoms with Gasteiger partial charge in [-0.15, -0.1) is 0 Å². The van der Waals surface area contributed by atoms with Crippen LogP contribution >= 0.6 is 0 Å². The molecule has 0 saturated heterocycles. The Bertz CT molecular complexity index is 6250. The Morgan fingerprint density at radius 3 is 0.721 bits per heavy atom. The van der Waals surface area contributed by atoms with E-state index in [1.54, 1.807) is 0 Å². The lowest BCUT2D eigenvalue weighted by Gasteiger charge is -2.22. The molecule has 6 heterocycles. The summed E-state index contributed by atoms with van der Waals surface area (Å²) in [4.78, 5) is 15.2. The number of nitrogens with zero attached hydrogens (tertiary/aromatic N) is 3. The zero-order valence-corrected chi connectivity index (χ0v) is 63.7. The van der Waals surface area contributed by atoms with E-state index in [4.69, 9.17) is 28.2 Å². The number of aromatic nitrogens is 3. The highest BCUT2D eigenvalue weighted by Crippen LogP contribution is 2.51. The summed E-state index contributed by atoms with van der Waals surface area (Å²) in [5, 5.41) is 6.39. The standard InChI is InChI=1S/C105H81N3O3/c1-103(2,3)70-49-52-106-91(61-70)64-43-46-79(88(58-64)82-34-22-40-97-100(82)85-31-16-19-37-94(85)109-97)76-28-13-10-25-73(76)67-55-68(74-26-11-14-29-77(74)80-47-44-65(92-62-71(50-53-107-92)104(4,5)6)59-89(80)83-35-23-41-98-101(83)86-32-17-20-38-95(86)110-98)57-69(56-67)75-27-12-15-30-78(75)81-48-45-66(93-63-72(51-54-108-93)105(7,8)9)60-90(81)84-36-24-42-99-102(84)87-33-18-21-39-96(87)111-99/h10-63H,1-9H3. The summed E-state index contributed by atoms with van der Waals surface area (Å²) in [6.45, 7) is 20.3. The van der Waals surface area contributed by atoms with Crippen LogP contribution in [0.3, 0.4) is 0 Å². The second kappa shape index (κ2) is 26.8.